The third-order valence-corrected chi connectivity index (χ3v) is 4.27. The van der Waals surface area contributed by atoms with Gasteiger partial charge in [-0.15, -0.1) is 0 Å². The standard InChI is InChI=1S/C18H24N2O2/c21-17-5-3-15-4-6-18(14-16(15)13-17)22-12-2-1-9-20-10-7-19-8-11-20/h3-6,14,19H,1-2,7-13H2. The molecular weight excluding hydrogens is 276 g/mol. The molecular formula is C18H24N2O2. The number of nitrogens with one attached hydrogen (secondary N) is 1. The molecule has 0 atom stereocenters. The Morgan fingerprint density at radius 1 is 1.14 bits per heavy atom. The zero-order chi connectivity index (χ0) is 15.2. The summed E-state index contributed by atoms with van der Waals surface area (Å²) in [5, 5.41) is 3.37. The Balaban J connectivity index is 1.39. The van der Waals surface area contributed by atoms with Gasteiger partial charge in [-0.2, -0.15) is 0 Å². The van der Waals surface area contributed by atoms with Gasteiger partial charge in [0, 0.05) is 32.6 Å². The van der Waals surface area contributed by atoms with E-state index >= 15 is 0 Å². The summed E-state index contributed by atoms with van der Waals surface area (Å²) in [7, 11) is 0. The zero-order valence-electron chi connectivity index (χ0n) is 13.0. The van der Waals surface area contributed by atoms with Crippen molar-refractivity contribution in [3.8, 4) is 5.75 Å². The normalized spacial score (nSPS) is 18.3. The van der Waals surface area contributed by atoms with Gasteiger partial charge in [-0.1, -0.05) is 12.1 Å². The van der Waals surface area contributed by atoms with Crippen LogP contribution in [0.4, 0.5) is 0 Å². The summed E-state index contributed by atoms with van der Waals surface area (Å²) < 4.78 is 5.83. The Hall–Kier alpha value is -1.65. The van der Waals surface area contributed by atoms with E-state index in [-0.39, 0.29) is 5.78 Å². The number of carbonyl (C=O) groups excluding carboxylic acids is 1. The summed E-state index contributed by atoms with van der Waals surface area (Å²) in [5.74, 6) is 1.05. The number of allylic oxidation sites excluding steroid dienone is 1. The van der Waals surface area contributed by atoms with Gasteiger partial charge in [0.25, 0.3) is 0 Å². The number of hydrogen-bond acceptors (Lipinski definition) is 4. The molecule has 1 aromatic rings. The number of ether oxygens (including phenoxy) is 1. The van der Waals surface area contributed by atoms with Crippen molar-refractivity contribution < 1.29 is 9.53 Å². The lowest BCUT2D eigenvalue weighted by atomic mass is 9.96. The molecule has 0 spiro atoms. The highest BCUT2D eigenvalue weighted by atomic mass is 16.5. The van der Waals surface area contributed by atoms with E-state index in [0.29, 0.717) is 6.42 Å². The van der Waals surface area contributed by atoms with E-state index in [2.05, 4.69) is 10.2 Å². The Bertz CT molecular complexity index is 548. The second kappa shape index (κ2) is 7.56. The van der Waals surface area contributed by atoms with Gasteiger partial charge in [-0.25, -0.2) is 0 Å². The van der Waals surface area contributed by atoms with Gasteiger partial charge in [-0.05, 0) is 48.7 Å². The number of unbranched alkanes of at least 4 members (excludes halogenated alkanes) is 1. The van der Waals surface area contributed by atoms with E-state index < -0.39 is 0 Å². The minimum atomic E-state index is 0.167. The molecule has 0 bridgehead atoms. The summed E-state index contributed by atoms with van der Waals surface area (Å²) >= 11 is 0. The Morgan fingerprint density at radius 2 is 2.00 bits per heavy atom. The number of rotatable bonds is 6. The largest absolute Gasteiger partial charge is 0.494 e. The van der Waals surface area contributed by atoms with Gasteiger partial charge >= 0.3 is 0 Å². The summed E-state index contributed by atoms with van der Waals surface area (Å²) in [6.07, 6.45) is 6.27. The lowest BCUT2D eigenvalue weighted by Crippen LogP contribution is -2.43. The van der Waals surface area contributed by atoms with Crippen LogP contribution in [0.1, 0.15) is 24.0 Å². The lowest BCUT2D eigenvalue weighted by Gasteiger charge is -2.27. The van der Waals surface area contributed by atoms with Crippen LogP contribution in [-0.4, -0.2) is 50.0 Å². The van der Waals surface area contributed by atoms with Gasteiger partial charge in [0.1, 0.15) is 5.75 Å². The van der Waals surface area contributed by atoms with Crippen LogP contribution in [-0.2, 0) is 11.2 Å². The van der Waals surface area contributed by atoms with Gasteiger partial charge < -0.3 is 15.0 Å². The monoisotopic (exact) mass is 300 g/mol. The van der Waals surface area contributed by atoms with Crippen LogP contribution in [0.5, 0.6) is 5.75 Å². The van der Waals surface area contributed by atoms with Crippen molar-refractivity contribution >= 4 is 11.9 Å². The average molecular weight is 300 g/mol. The van der Waals surface area contributed by atoms with Crippen molar-refractivity contribution in [3.05, 3.63) is 35.4 Å². The minimum Gasteiger partial charge on any atom is -0.494 e. The lowest BCUT2D eigenvalue weighted by molar-refractivity contribution is -0.114. The third-order valence-electron chi connectivity index (χ3n) is 4.27. The van der Waals surface area contributed by atoms with E-state index in [9.17, 15) is 4.79 Å². The van der Waals surface area contributed by atoms with Crippen molar-refractivity contribution in [3.63, 3.8) is 0 Å². The Morgan fingerprint density at radius 3 is 2.86 bits per heavy atom. The van der Waals surface area contributed by atoms with E-state index in [4.69, 9.17) is 4.74 Å². The number of hydrogen-bond donors (Lipinski definition) is 1. The number of piperazine rings is 1. The van der Waals surface area contributed by atoms with Crippen LogP contribution in [0.15, 0.2) is 24.3 Å². The van der Waals surface area contributed by atoms with Gasteiger partial charge in [0.2, 0.25) is 0 Å². The van der Waals surface area contributed by atoms with Gasteiger partial charge in [0.05, 0.1) is 6.61 Å². The summed E-state index contributed by atoms with van der Waals surface area (Å²) in [6, 6.07) is 6.04. The number of fused-ring (bicyclic) bond motifs is 1. The molecule has 2 aliphatic rings. The first-order valence-corrected chi connectivity index (χ1v) is 8.21. The number of carbonyl (C=O) groups is 1. The number of benzene rings is 1. The van der Waals surface area contributed by atoms with E-state index in [1.807, 2.05) is 24.3 Å². The maximum Gasteiger partial charge on any atom is 0.160 e. The Kier molecular flexibility index (Phi) is 5.24. The smallest absolute Gasteiger partial charge is 0.160 e. The summed E-state index contributed by atoms with van der Waals surface area (Å²) in [5.41, 5.74) is 2.21. The third kappa shape index (κ3) is 4.18. The highest BCUT2D eigenvalue weighted by molar-refractivity contribution is 5.98. The first-order chi connectivity index (χ1) is 10.8. The first kappa shape index (κ1) is 15.3. The fourth-order valence-electron chi connectivity index (χ4n) is 2.98. The van der Waals surface area contributed by atoms with Crippen molar-refractivity contribution in [2.24, 2.45) is 0 Å². The predicted octanol–water partition coefficient (Wildman–Crippen LogP) is 1.89. The summed E-state index contributed by atoms with van der Waals surface area (Å²) in [6.45, 7) is 6.45. The maximum absolute atomic E-state index is 11.4. The molecule has 1 aliphatic carbocycles. The molecule has 4 nitrogen and oxygen atoms in total. The predicted molar refractivity (Wildman–Crippen MR) is 88.2 cm³/mol. The van der Waals surface area contributed by atoms with Gasteiger partial charge in [0.15, 0.2) is 5.78 Å². The highest BCUT2D eigenvalue weighted by Crippen LogP contribution is 2.23. The maximum atomic E-state index is 11.4. The Labute approximate surface area is 132 Å². The van der Waals surface area contributed by atoms with Crippen LogP contribution >= 0.6 is 0 Å². The quantitative estimate of drug-likeness (QED) is 0.815. The molecule has 0 saturated carbocycles. The number of nitrogens with zero attached hydrogens (tertiary/aromatic N) is 1. The molecule has 0 radical (unpaired) electrons. The molecule has 1 fully saturated rings. The second-order valence-corrected chi connectivity index (χ2v) is 5.98. The van der Waals surface area contributed by atoms with Crippen molar-refractivity contribution in [2.75, 3.05) is 39.3 Å². The molecule has 0 unspecified atom stereocenters. The molecule has 22 heavy (non-hydrogen) atoms. The van der Waals surface area contributed by atoms with E-state index in [1.165, 1.54) is 6.42 Å². The molecule has 1 aromatic carbocycles. The first-order valence-electron chi connectivity index (χ1n) is 8.21. The molecule has 118 valence electrons. The molecule has 0 aromatic heterocycles. The average Bonchev–Trinajstić information content (AvgIpc) is 2.55. The van der Waals surface area contributed by atoms with E-state index in [0.717, 1.165) is 62.6 Å². The molecule has 3 rings (SSSR count). The van der Waals surface area contributed by atoms with Crippen LogP contribution in [0.25, 0.3) is 6.08 Å². The van der Waals surface area contributed by atoms with Crippen LogP contribution < -0.4 is 10.1 Å². The zero-order valence-corrected chi connectivity index (χ0v) is 13.0. The SMILES string of the molecule is O=C1C=Cc2ccc(OCCCCN3CCNCC3)cc2C1. The fraction of sp³-hybridized carbons (Fsp3) is 0.500. The van der Waals surface area contributed by atoms with E-state index in [1.54, 1.807) is 6.08 Å². The second-order valence-electron chi connectivity index (χ2n) is 5.98. The highest BCUT2D eigenvalue weighted by Gasteiger charge is 2.11. The van der Waals surface area contributed by atoms with Crippen LogP contribution in [0.3, 0.4) is 0 Å². The molecule has 1 saturated heterocycles. The molecule has 1 aliphatic heterocycles. The summed E-state index contributed by atoms with van der Waals surface area (Å²) in [4.78, 5) is 14.0. The number of ketones is 1. The molecule has 4 heteroatoms. The molecule has 0 amide bonds. The minimum absolute atomic E-state index is 0.167. The topological polar surface area (TPSA) is 41.6 Å². The van der Waals surface area contributed by atoms with Crippen molar-refractivity contribution in [1.29, 1.82) is 0 Å². The molecule has 1 heterocycles. The fourth-order valence-corrected chi connectivity index (χ4v) is 2.98. The van der Waals surface area contributed by atoms with Crippen LogP contribution in [0.2, 0.25) is 0 Å². The van der Waals surface area contributed by atoms with Crippen molar-refractivity contribution in [1.82, 2.24) is 10.2 Å². The van der Waals surface area contributed by atoms with Gasteiger partial charge in [-0.3, -0.25) is 4.79 Å². The molecule has 1 N–H and O–H groups in total. The van der Waals surface area contributed by atoms with Crippen molar-refractivity contribution in [2.45, 2.75) is 19.3 Å². The van der Waals surface area contributed by atoms with Crippen LogP contribution in [0, 0.1) is 0 Å².